The van der Waals surface area contributed by atoms with Gasteiger partial charge in [-0.1, -0.05) is 273 Å². The van der Waals surface area contributed by atoms with E-state index in [4.69, 9.17) is 0 Å². The summed E-state index contributed by atoms with van der Waals surface area (Å²) < 4.78 is 0. The summed E-state index contributed by atoms with van der Waals surface area (Å²) in [5.41, 5.74) is 31.7. The van der Waals surface area contributed by atoms with Crippen LogP contribution in [0.4, 0.5) is 0 Å². The summed E-state index contributed by atoms with van der Waals surface area (Å²) in [6, 6.07) is 135. The van der Waals surface area contributed by atoms with Crippen molar-refractivity contribution in [3.63, 3.8) is 0 Å². The van der Waals surface area contributed by atoms with Crippen molar-refractivity contribution < 1.29 is 101 Å². The van der Waals surface area contributed by atoms with E-state index in [1.807, 2.05) is 147 Å². The molecule has 6 heterocycles. The molecule has 5 radical (unpaired) electrons. The number of hydrogen-bond donors (Lipinski definition) is 0. The second-order valence-electron chi connectivity index (χ2n) is 30.6. The molecule has 0 fully saturated rings. The Labute approximate surface area is 785 Å². The van der Waals surface area contributed by atoms with Gasteiger partial charge in [0.1, 0.15) is 0 Å². The van der Waals surface area contributed by atoms with E-state index in [-0.39, 0.29) is 111 Å². The van der Waals surface area contributed by atoms with Crippen LogP contribution >= 0.6 is 0 Å². The van der Waals surface area contributed by atoms with Crippen molar-refractivity contribution in [2.24, 2.45) is 0 Å². The summed E-state index contributed by atoms with van der Waals surface area (Å²) in [4.78, 5) is 26.9. The molecule has 6 nitrogen and oxygen atoms in total. The van der Waals surface area contributed by atoms with E-state index in [1.165, 1.54) is 89.0 Å². The Balaban J connectivity index is 0.000000200. The molecule has 6 aromatic heterocycles. The van der Waals surface area contributed by atoms with E-state index >= 15 is 0 Å². The Kier molecular flexibility index (Phi) is 39.5. The molecule has 617 valence electrons. The number of benzene rings is 11. The van der Waals surface area contributed by atoms with Crippen LogP contribution in [0.15, 0.2) is 377 Å². The van der Waals surface area contributed by atoms with Gasteiger partial charge in [0, 0.05) is 138 Å². The van der Waals surface area contributed by atoms with Crippen LogP contribution in [0.25, 0.3) is 123 Å². The fourth-order valence-corrected chi connectivity index (χ4v) is 12.5. The van der Waals surface area contributed by atoms with Crippen molar-refractivity contribution in [1.29, 1.82) is 0 Å². The predicted molar refractivity (Wildman–Crippen MR) is 484 cm³/mol. The average molecular weight is 2460 g/mol. The number of pyridine rings is 6. The maximum atomic E-state index is 4.62. The van der Waals surface area contributed by atoms with Gasteiger partial charge in [-0.3, -0.25) is 0 Å². The molecule has 121 heavy (non-hydrogen) atoms. The minimum Gasteiger partial charge on any atom is -0.305 e. The van der Waals surface area contributed by atoms with Crippen molar-refractivity contribution in [1.82, 2.24) is 29.9 Å². The van der Waals surface area contributed by atoms with Gasteiger partial charge in [0.25, 0.3) is 0 Å². The van der Waals surface area contributed by atoms with Gasteiger partial charge in [-0.2, -0.15) is 0 Å². The molecule has 17 rings (SSSR count). The topological polar surface area (TPSA) is 77.3 Å². The zero-order chi connectivity index (χ0) is 81.1. The summed E-state index contributed by atoms with van der Waals surface area (Å²) >= 11 is 0. The van der Waals surface area contributed by atoms with Gasteiger partial charge in [0.2, 0.25) is 0 Å². The van der Waals surface area contributed by atoms with E-state index in [9.17, 15) is 0 Å². The van der Waals surface area contributed by atoms with Crippen LogP contribution in [-0.4, -0.2) is 29.9 Å². The number of aromatic nitrogens is 6. The third-order valence-electron chi connectivity index (χ3n) is 19.6. The van der Waals surface area contributed by atoms with Gasteiger partial charge in [-0.05, 0) is 139 Å². The molecule has 11 heteroatoms. The molecule has 0 amide bonds. The van der Waals surface area contributed by atoms with Crippen molar-refractivity contribution in [3.8, 4) is 123 Å². The van der Waals surface area contributed by atoms with Crippen molar-refractivity contribution >= 4 is 0 Å². The van der Waals surface area contributed by atoms with E-state index in [0.29, 0.717) is 5.92 Å². The fourth-order valence-electron chi connectivity index (χ4n) is 12.5. The third-order valence-corrected chi connectivity index (χ3v) is 19.6. The second kappa shape index (κ2) is 48.9. The summed E-state index contributed by atoms with van der Waals surface area (Å²) in [5.74, 6) is 0.506. The van der Waals surface area contributed by atoms with E-state index in [2.05, 4.69) is 366 Å². The number of aryl methyl sites for hydroxylation is 3. The minimum absolute atomic E-state index is 0. The molecule has 0 unspecified atom stereocenters. The van der Waals surface area contributed by atoms with Gasteiger partial charge in [-0.25, -0.2) is 0 Å². The molecular weight excluding hydrogens is 2370 g/mol. The first-order chi connectivity index (χ1) is 56.3. The molecule has 0 spiro atoms. The smallest absolute Gasteiger partial charge is 0.0198 e. The minimum atomic E-state index is 0. The second-order valence-corrected chi connectivity index (χ2v) is 30.6. The van der Waals surface area contributed by atoms with Gasteiger partial charge < -0.3 is 29.9 Å². The van der Waals surface area contributed by atoms with Gasteiger partial charge in [0.05, 0.1) is 0 Å². The first kappa shape index (κ1) is 97.7. The summed E-state index contributed by atoms with van der Waals surface area (Å²) in [6.07, 6.45) is 11.4. The molecular formula is C110H96Ir5N6-6. The van der Waals surface area contributed by atoms with Crippen LogP contribution in [0, 0.1) is 57.2 Å². The molecule has 0 aliphatic heterocycles. The van der Waals surface area contributed by atoms with Crippen LogP contribution in [0.3, 0.4) is 0 Å². The predicted octanol–water partition coefficient (Wildman–Crippen LogP) is 28.3. The van der Waals surface area contributed by atoms with E-state index < -0.39 is 0 Å². The van der Waals surface area contributed by atoms with Crippen LogP contribution in [0.1, 0.15) is 94.7 Å². The zero-order valence-corrected chi connectivity index (χ0v) is 81.7. The van der Waals surface area contributed by atoms with E-state index in [0.717, 1.165) is 67.5 Å². The third kappa shape index (κ3) is 29.1. The fraction of sp³-hybridized carbons (Fsp3) is 0.127. The Bertz CT molecular complexity index is 5840. The maximum absolute atomic E-state index is 4.62. The summed E-state index contributed by atoms with van der Waals surface area (Å²) in [7, 11) is 0. The molecule has 0 saturated carbocycles. The molecule has 0 atom stereocenters. The Hall–Kier alpha value is -10.4. The maximum Gasteiger partial charge on any atom is 0.0198 e. The number of hydrogen-bond acceptors (Lipinski definition) is 6. The molecule has 11 aromatic carbocycles. The van der Waals surface area contributed by atoms with Crippen molar-refractivity contribution in [3.05, 3.63) is 447 Å². The monoisotopic (exact) mass is 2470 g/mol. The number of rotatable bonds is 12. The van der Waals surface area contributed by atoms with Crippen molar-refractivity contribution in [2.75, 3.05) is 0 Å². The van der Waals surface area contributed by atoms with Gasteiger partial charge >= 0.3 is 0 Å². The average Bonchev–Trinajstić information content (AvgIpc) is 0.827. The summed E-state index contributed by atoms with van der Waals surface area (Å²) in [5, 5.41) is 0. The molecule has 0 bridgehead atoms. The molecule has 0 N–H and O–H groups in total. The Morgan fingerprint density at radius 1 is 0.231 bits per heavy atom. The largest absolute Gasteiger partial charge is 0.305 e. The van der Waals surface area contributed by atoms with Crippen LogP contribution in [0.2, 0.25) is 0 Å². The zero-order valence-electron chi connectivity index (χ0n) is 69.7. The normalized spacial score (nSPS) is 10.3. The molecule has 17 aromatic rings. The standard InChI is InChI=1S/2C21H20N.C20H18N.C19H16N.C18H14N.C11H8N.5Ir/c1-21(2,3)19-12-13-22-20(15-19)18-11-7-10-17(14-18)16-8-5-4-6-9-16;1-21(2,3)19-12-13-20(22-15-19)18-11-7-10-17(14-18)16-8-5-4-6-9-16;1-15(2)19-11-12-20(21-14-19)18-10-6-9-17(13-18)16-7-4-3-5-8-16;1-14-11-19(20-13-15(14)2)18-10-6-9-17(12-18)16-7-4-3-5-8-16;1-14-10-11-18(19-13-14)17-9-5-8-16(12-17)15-6-3-2-4-7-15;1-2-6-10(7-3-1)11-8-4-5-9-12-11;;;;;/h2*4-10,12-15H,1-3H3;3-9,11-15H,1-2H3;3-9,11-13H,1-2H3;2-8,10-13H,1H3;1-6,8-9H;;;;;/q6*-1;;;;;. The Morgan fingerprint density at radius 2 is 0.570 bits per heavy atom. The van der Waals surface area contributed by atoms with Crippen LogP contribution in [-0.2, 0) is 111 Å². The summed E-state index contributed by atoms with van der Waals surface area (Å²) in [6.45, 7) is 23.8. The van der Waals surface area contributed by atoms with Gasteiger partial charge in [0.15, 0.2) is 0 Å². The van der Waals surface area contributed by atoms with Crippen LogP contribution in [0.5, 0.6) is 0 Å². The quantitative estimate of drug-likeness (QED) is 0.113. The van der Waals surface area contributed by atoms with Gasteiger partial charge in [-0.15, -0.1) is 213 Å². The molecule has 0 aliphatic rings. The number of nitrogens with zero attached hydrogens (tertiary/aromatic N) is 6. The Morgan fingerprint density at radius 3 is 0.901 bits per heavy atom. The van der Waals surface area contributed by atoms with E-state index in [1.54, 1.807) is 6.20 Å². The molecule has 0 saturated heterocycles. The first-order valence-corrected chi connectivity index (χ1v) is 39.4. The molecule has 0 aliphatic carbocycles. The SMILES string of the molecule is CC(C)(C)c1ccc(-c2[c-]ccc(-c3ccccc3)c2)nc1.CC(C)(C)c1ccnc(-c2[c-]ccc(-c3ccccc3)c2)c1.CC(C)c1ccc(-c2[c-]ccc(-c3ccccc3)c2)nc1.Cc1ccc(-c2[c-]ccc(-c3ccccc3)c2)nc1.Cc1cnc(-c2[c-]ccc(-c3ccccc3)c2)cc1C.[Ir].[Ir].[Ir].[Ir].[Ir].[c-]1ccccc1-c1ccccn1. The van der Waals surface area contributed by atoms with Crippen LogP contribution < -0.4 is 0 Å². The van der Waals surface area contributed by atoms with Crippen molar-refractivity contribution in [2.45, 2.75) is 92.9 Å². The first-order valence-electron chi connectivity index (χ1n) is 39.4.